The van der Waals surface area contributed by atoms with Crippen LogP contribution in [0.15, 0.2) is 18.5 Å². The molecule has 1 saturated heterocycles. The molecule has 1 amide bonds. The molecule has 0 bridgehead atoms. The predicted molar refractivity (Wildman–Crippen MR) is 71.7 cm³/mol. The third-order valence-corrected chi connectivity index (χ3v) is 3.19. The molecule has 1 aliphatic heterocycles. The lowest BCUT2D eigenvalue weighted by molar-refractivity contribution is -0.133. The van der Waals surface area contributed by atoms with Gasteiger partial charge in [-0.3, -0.25) is 4.79 Å². The Morgan fingerprint density at radius 2 is 2.00 bits per heavy atom. The van der Waals surface area contributed by atoms with Crippen molar-refractivity contribution >= 4 is 5.91 Å². The van der Waals surface area contributed by atoms with Crippen molar-refractivity contribution < 1.29 is 9.53 Å². The van der Waals surface area contributed by atoms with Gasteiger partial charge in [-0.1, -0.05) is 13.8 Å². The number of rotatable bonds is 4. The van der Waals surface area contributed by atoms with E-state index in [0.29, 0.717) is 18.3 Å². The topological polar surface area (TPSA) is 55.3 Å². The van der Waals surface area contributed by atoms with Gasteiger partial charge in [-0.15, -0.1) is 0 Å². The molecule has 0 aliphatic carbocycles. The highest BCUT2D eigenvalue weighted by atomic mass is 16.5. The molecule has 2 heterocycles. The average Bonchev–Trinajstić information content (AvgIpc) is 2.40. The smallest absolute Gasteiger partial charge is 0.316 e. The summed E-state index contributed by atoms with van der Waals surface area (Å²) in [6.07, 6.45) is 5.79. The summed E-state index contributed by atoms with van der Waals surface area (Å²) in [6, 6.07) is 2.19. The third-order valence-electron chi connectivity index (χ3n) is 3.19. The summed E-state index contributed by atoms with van der Waals surface area (Å²) in [4.78, 5) is 22.0. The lowest BCUT2D eigenvalue weighted by Crippen LogP contribution is -2.42. The molecule has 0 atom stereocenters. The Morgan fingerprint density at radius 3 is 2.58 bits per heavy atom. The van der Waals surface area contributed by atoms with E-state index in [1.54, 1.807) is 18.5 Å². The molecule has 0 saturated carbocycles. The number of piperidine rings is 1. The van der Waals surface area contributed by atoms with Gasteiger partial charge in [0.15, 0.2) is 0 Å². The van der Waals surface area contributed by atoms with Crippen molar-refractivity contribution in [2.24, 2.45) is 5.92 Å². The van der Waals surface area contributed by atoms with Crippen LogP contribution in [-0.2, 0) is 4.79 Å². The van der Waals surface area contributed by atoms with Crippen LogP contribution in [0.25, 0.3) is 0 Å². The molecule has 1 aromatic rings. The number of carbonyl (C=O) groups is 1. The summed E-state index contributed by atoms with van der Waals surface area (Å²) in [5, 5.41) is 0. The van der Waals surface area contributed by atoms with Gasteiger partial charge in [0, 0.05) is 44.7 Å². The zero-order valence-electron chi connectivity index (χ0n) is 11.6. The minimum absolute atomic E-state index is 0.116. The maximum Gasteiger partial charge on any atom is 0.316 e. The van der Waals surface area contributed by atoms with E-state index in [1.165, 1.54) is 0 Å². The molecular formula is C14H21N3O2. The molecule has 0 radical (unpaired) electrons. The number of hydrogen-bond acceptors (Lipinski definition) is 4. The van der Waals surface area contributed by atoms with Crippen molar-refractivity contribution in [3.63, 3.8) is 0 Å². The maximum absolute atomic E-state index is 11.9. The van der Waals surface area contributed by atoms with Gasteiger partial charge < -0.3 is 9.64 Å². The second-order valence-electron chi connectivity index (χ2n) is 5.33. The van der Waals surface area contributed by atoms with Crippen molar-refractivity contribution in [2.45, 2.75) is 39.2 Å². The molecule has 1 fully saturated rings. The highest BCUT2D eigenvalue weighted by Gasteiger charge is 2.24. The van der Waals surface area contributed by atoms with Crippen LogP contribution < -0.4 is 4.74 Å². The van der Waals surface area contributed by atoms with Gasteiger partial charge in [-0.05, 0) is 12.0 Å². The molecule has 0 N–H and O–H groups in total. The first-order valence-corrected chi connectivity index (χ1v) is 6.86. The molecule has 2 rings (SSSR count). The van der Waals surface area contributed by atoms with Crippen molar-refractivity contribution in [3.05, 3.63) is 18.5 Å². The zero-order valence-corrected chi connectivity index (χ0v) is 11.6. The minimum atomic E-state index is 0.116. The first-order valence-electron chi connectivity index (χ1n) is 6.86. The second-order valence-corrected chi connectivity index (χ2v) is 5.33. The summed E-state index contributed by atoms with van der Waals surface area (Å²) in [5.41, 5.74) is 0. The Bertz CT molecular complexity index is 400. The summed E-state index contributed by atoms with van der Waals surface area (Å²) in [5.74, 6) is 0.670. The van der Waals surface area contributed by atoms with Crippen molar-refractivity contribution in [1.29, 1.82) is 0 Å². The van der Waals surface area contributed by atoms with Gasteiger partial charge in [-0.2, -0.15) is 0 Å². The van der Waals surface area contributed by atoms with Gasteiger partial charge in [0.25, 0.3) is 0 Å². The Hall–Kier alpha value is -1.65. The van der Waals surface area contributed by atoms with Crippen LogP contribution in [0.5, 0.6) is 6.01 Å². The monoisotopic (exact) mass is 263 g/mol. The van der Waals surface area contributed by atoms with Crippen LogP contribution in [0, 0.1) is 5.92 Å². The molecule has 5 heteroatoms. The Kier molecular flexibility index (Phi) is 4.71. The molecule has 5 nitrogen and oxygen atoms in total. The third kappa shape index (κ3) is 4.19. The quantitative estimate of drug-likeness (QED) is 0.832. The molecule has 0 unspecified atom stereocenters. The van der Waals surface area contributed by atoms with Crippen LogP contribution in [0.2, 0.25) is 0 Å². The predicted octanol–water partition coefficient (Wildman–Crippen LogP) is 1.89. The minimum Gasteiger partial charge on any atom is -0.460 e. The molecular weight excluding hydrogens is 242 g/mol. The fourth-order valence-electron chi connectivity index (χ4n) is 2.20. The van der Waals surface area contributed by atoms with E-state index in [0.717, 1.165) is 25.9 Å². The molecule has 1 aromatic heterocycles. The molecule has 0 aromatic carbocycles. The number of ether oxygens (including phenoxy) is 1. The van der Waals surface area contributed by atoms with E-state index in [1.807, 2.05) is 4.90 Å². The van der Waals surface area contributed by atoms with Crippen LogP contribution in [0.4, 0.5) is 0 Å². The summed E-state index contributed by atoms with van der Waals surface area (Å²) < 4.78 is 5.70. The largest absolute Gasteiger partial charge is 0.460 e. The summed E-state index contributed by atoms with van der Waals surface area (Å²) in [7, 11) is 0. The number of hydrogen-bond donors (Lipinski definition) is 0. The van der Waals surface area contributed by atoms with Crippen molar-refractivity contribution in [1.82, 2.24) is 14.9 Å². The molecule has 0 spiro atoms. The van der Waals surface area contributed by atoms with Gasteiger partial charge >= 0.3 is 6.01 Å². The highest BCUT2D eigenvalue weighted by Crippen LogP contribution is 2.17. The van der Waals surface area contributed by atoms with Crippen molar-refractivity contribution in [3.8, 4) is 6.01 Å². The summed E-state index contributed by atoms with van der Waals surface area (Å²) in [6.45, 7) is 5.67. The van der Waals surface area contributed by atoms with Gasteiger partial charge in [0.2, 0.25) is 5.91 Å². The van der Waals surface area contributed by atoms with Gasteiger partial charge in [-0.25, -0.2) is 9.97 Å². The number of aromatic nitrogens is 2. The Balaban J connectivity index is 1.78. The Morgan fingerprint density at radius 1 is 1.37 bits per heavy atom. The van der Waals surface area contributed by atoms with E-state index in [-0.39, 0.29) is 12.0 Å². The normalized spacial score (nSPS) is 16.7. The fourth-order valence-corrected chi connectivity index (χ4v) is 2.20. The van der Waals surface area contributed by atoms with Crippen molar-refractivity contribution in [2.75, 3.05) is 13.1 Å². The Labute approximate surface area is 114 Å². The van der Waals surface area contributed by atoms with Crippen LogP contribution in [0.1, 0.15) is 33.1 Å². The van der Waals surface area contributed by atoms with E-state index in [4.69, 9.17) is 4.74 Å². The number of carbonyl (C=O) groups excluding carboxylic acids is 1. The number of amides is 1. The lowest BCUT2D eigenvalue weighted by atomic mass is 10.1. The lowest BCUT2D eigenvalue weighted by Gasteiger charge is -2.32. The van der Waals surface area contributed by atoms with E-state index >= 15 is 0 Å². The SMILES string of the molecule is CC(C)CC(=O)N1CCC(Oc2ncccn2)CC1. The molecule has 1 aliphatic rings. The molecule has 104 valence electrons. The standard InChI is InChI=1S/C14H21N3O2/c1-11(2)10-13(18)17-8-4-12(5-9-17)19-14-15-6-3-7-16-14/h3,6-7,11-12H,4-5,8-10H2,1-2H3. The fraction of sp³-hybridized carbons (Fsp3) is 0.643. The average molecular weight is 263 g/mol. The highest BCUT2D eigenvalue weighted by molar-refractivity contribution is 5.76. The van der Waals surface area contributed by atoms with Gasteiger partial charge in [0.05, 0.1) is 0 Å². The van der Waals surface area contributed by atoms with Crippen LogP contribution in [0.3, 0.4) is 0 Å². The second kappa shape index (κ2) is 6.50. The van der Waals surface area contributed by atoms with E-state index < -0.39 is 0 Å². The van der Waals surface area contributed by atoms with E-state index in [2.05, 4.69) is 23.8 Å². The van der Waals surface area contributed by atoms with Gasteiger partial charge in [0.1, 0.15) is 6.10 Å². The zero-order chi connectivity index (χ0) is 13.7. The summed E-state index contributed by atoms with van der Waals surface area (Å²) >= 11 is 0. The number of likely N-dealkylation sites (tertiary alicyclic amines) is 1. The first-order chi connectivity index (χ1) is 9.15. The maximum atomic E-state index is 11.9. The first kappa shape index (κ1) is 13.8. The molecule has 19 heavy (non-hydrogen) atoms. The van der Waals surface area contributed by atoms with Crippen LogP contribution >= 0.6 is 0 Å². The van der Waals surface area contributed by atoms with E-state index in [9.17, 15) is 4.79 Å². The number of nitrogens with zero attached hydrogens (tertiary/aromatic N) is 3. The van der Waals surface area contributed by atoms with Crippen LogP contribution in [-0.4, -0.2) is 40.0 Å².